The van der Waals surface area contributed by atoms with Gasteiger partial charge in [0.1, 0.15) is 103 Å². The molecule has 11 heterocycles. The van der Waals surface area contributed by atoms with E-state index in [0.717, 1.165) is 43.7 Å². The van der Waals surface area contributed by atoms with E-state index in [1.165, 1.54) is 56.3 Å². The van der Waals surface area contributed by atoms with E-state index in [1.807, 2.05) is 77.8 Å². The van der Waals surface area contributed by atoms with Crippen LogP contribution in [0.5, 0.6) is 5.75 Å². The Bertz CT molecular complexity index is 5720. The van der Waals surface area contributed by atoms with Crippen LogP contribution in [0.15, 0.2) is 143 Å². The number of aromatic amines is 2. The lowest BCUT2D eigenvalue weighted by atomic mass is 9.77. The molecule has 0 aliphatic carbocycles. The summed E-state index contributed by atoms with van der Waals surface area (Å²) in [6, 6.07) is 26.6. The molecule has 7 aromatic heterocycles. The van der Waals surface area contributed by atoms with Crippen molar-refractivity contribution in [2.45, 2.75) is 104 Å². The number of methoxy groups -OCH3 is 3. The summed E-state index contributed by atoms with van der Waals surface area (Å²) in [5, 5.41) is 48.0. The minimum Gasteiger partial charge on any atom is -0.756 e. The second kappa shape index (κ2) is 34.0. The topological polar surface area (TPSA) is 647 Å². The van der Waals surface area contributed by atoms with Gasteiger partial charge in [0.25, 0.3) is 24.9 Å². The SMILES string of the molecule is COc1ccc(C(Nc2ncnc3c2ncn3[C@@H]2O[C@H](COP(=O)(O)OP(=O)(O)OP(=O)([O-])OC[C@H]3O[C@@H]([n+]4cn(C)c5c(=O)[nH]c(N(C)C)nc54)[C@H](O)[C@@H]3O)[C@@H](OP(=O)(O)OC[C@H]3O[C@@H](n4ccc(=O)[nH]c4=O)[C@H](OC)[C@@H]3OP(=O)(O)OC[C@H]3O[C@@H](n4cnc5c(N)ncnc54)[C@H](O)[C@@H]3O)[C@H]2OC)(c2ccccc2)c2ccccc2)cc1. The van der Waals surface area contributed by atoms with Crippen molar-refractivity contribution in [1.82, 2.24) is 63.1 Å². The molecule has 0 amide bonds. The van der Waals surface area contributed by atoms with Crippen molar-refractivity contribution in [3.8, 4) is 5.75 Å². The fourth-order valence-corrected chi connectivity index (χ4v) is 19.4. The highest BCUT2D eigenvalue weighted by molar-refractivity contribution is 7.66. The molecule has 5 unspecified atom stereocenters. The summed E-state index contributed by atoms with van der Waals surface area (Å²) in [6.45, 7) is -4.94. The Morgan fingerprint density at radius 3 is 1.69 bits per heavy atom. The first-order valence-electron chi connectivity index (χ1n) is 35.1. The summed E-state index contributed by atoms with van der Waals surface area (Å²) in [5.74, 6) is 0.677. The maximum absolute atomic E-state index is 14.8. The normalized spacial score (nSPS) is 27.4. The molecule has 0 spiro atoms. The lowest BCUT2D eigenvalue weighted by Gasteiger charge is -2.37. The van der Waals surface area contributed by atoms with Gasteiger partial charge in [-0.05, 0) is 28.8 Å². The zero-order chi connectivity index (χ0) is 84.3. The van der Waals surface area contributed by atoms with Crippen LogP contribution in [0.2, 0.25) is 0 Å². The van der Waals surface area contributed by atoms with Crippen LogP contribution in [-0.2, 0) is 99.6 Å². The van der Waals surface area contributed by atoms with E-state index in [-0.39, 0.29) is 51.1 Å². The molecule has 14 rings (SSSR count). The number of phosphoric ester groups is 4. The van der Waals surface area contributed by atoms with Crippen molar-refractivity contribution >= 4 is 90.2 Å². The number of hydrogen-bond donors (Lipinski definition) is 12. The molecular weight excluding hydrogens is 1670 g/mol. The zero-order valence-corrected chi connectivity index (χ0v) is 66.7. The van der Waals surface area contributed by atoms with E-state index in [1.54, 1.807) is 26.2 Å². The third-order valence-electron chi connectivity index (χ3n) is 19.4. The number of nitrogens with zero attached hydrogens (tertiary/aromatic N) is 13. The van der Waals surface area contributed by atoms with Crippen LogP contribution in [0.1, 0.15) is 41.6 Å². The third-order valence-corrected chi connectivity index (χ3v) is 25.6. The Morgan fingerprint density at radius 1 is 0.585 bits per heavy atom. The number of nitrogen functional groups attached to an aromatic ring is 1. The fourth-order valence-electron chi connectivity index (χ4n) is 14.0. The van der Waals surface area contributed by atoms with E-state index < -0.39 is 186 Å². The predicted molar refractivity (Wildman–Crippen MR) is 396 cm³/mol. The molecule has 21 atom stereocenters. The van der Waals surface area contributed by atoms with Crippen molar-refractivity contribution in [3.63, 3.8) is 0 Å². The average Bonchev–Trinajstić information content (AvgIpc) is 1.59. The third kappa shape index (κ3) is 17.5. The average molecular weight is 1750 g/mol. The number of hydrogen-bond acceptors (Lipinski definition) is 38. The van der Waals surface area contributed by atoms with Gasteiger partial charge in [0.15, 0.2) is 53.5 Å². The molecule has 49 nitrogen and oxygen atoms in total. The number of nitrogens with two attached hydrogens (primary N) is 1. The Morgan fingerprint density at radius 2 is 1.10 bits per heavy atom. The summed E-state index contributed by atoms with van der Waals surface area (Å²) in [5.41, 5.74) is 4.24. The molecule has 4 fully saturated rings. The molecule has 54 heteroatoms. The van der Waals surface area contributed by atoms with E-state index in [9.17, 15) is 82.1 Å². The molecule has 0 saturated carbocycles. The number of anilines is 3. The number of aromatic nitrogens is 14. The van der Waals surface area contributed by atoms with E-state index in [0.29, 0.717) is 22.4 Å². The zero-order valence-electron chi connectivity index (χ0n) is 62.2. The Labute approximate surface area is 662 Å². The predicted octanol–water partition coefficient (Wildman–Crippen LogP) is -0.357. The summed E-state index contributed by atoms with van der Waals surface area (Å²) >= 11 is 0. The van der Waals surface area contributed by atoms with Gasteiger partial charge in [-0.1, -0.05) is 77.8 Å². The first-order valence-corrected chi connectivity index (χ1v) is 42.5. The number of ether oxygens (including phenoxy) is 7. The molecule has 0 radical (unpaired) electrons. The van der Waals surface area contributed by atoms with E-state index in [4.69, 9.17) is 66.0 Å². The van der Waals surface area contributed by atoms with Crippen LogP contribution in [0.25, 0.3) is 33.5 Å². The Kier molecular flexibility index (Phi) is 24.7. The summed E-state index contributed by atoms with van der Waals surface area (Å²) in [6.07, 6.45) is -22.0. The van der Waals surface area contributed by atoms with Crippen LogP contribution in [0.4, 0.5) is 17.6 Å². The maximum atomic E-state index is 14.8. The van der Waals surface area contributed by atoms with Gasteiger partial charge in [-0.25, -0.2) is 61.8 Å². The van der Waals surface area contributed by atoms with Gasteiger partial charge in [-0.3, -0.25) is 65.0 Å². The number of aliphatic hydroxyl groups is 4. The molecule has 4 aliphatic rings. The molecule has 13 N–H and O–H groups in total. The van der Waals surface area contributed by atoms with Crippen molar-refractivity contribution in [3.05, 3.63) is 177 Å². The van der Waals surface area contributed by atoms with Crippen LogP contribution < -0.4 is 47.0 Å². The molecule has 4 saturated heterocycles. The lowest BCUT2D eigenvalue weighted by Crippen LogP contribution is -2.46. The number of nitrogens with one attached hydrogen (secondary N) is 3. The summed E-state index contributed by atoms with van der Waals surface area (Å²) in [7, 11) is -22.1. The van der Waals surface area contributed by atoms with Gasteiger partial charge in [0, 0.05) is 40.6 Å². The van der Waals surface area contributed by atoms with Crippen molar-refractivity contribution in [2.24, 2.45) is 7.05 Å². The van der Waals surface area contributed by atoms with E-state index >= 15 is 0 Å². The first kappa shape index (κ1) is 85.6. The van der Waals surface area contributed by atoms with Gasteiger partial charge in [0.05, 0.1) is 53.2 Å². The van der Waals surface area contributed by atoms with Gasteiger partial charge in [-0.2, -0.15) is 4.31 Å². The van der Waals surface area contributed by atoms with Crippen LogP contribution >= 0.6 is 39.1 Å². The first-order chi connectivity index (χ1) is 56.0. The highest BCUT2D eigenvalue weighted by Gasteiger charge is 2.56. The van der Waals surface area contributed by atoms with Gasteiger partial charge in [0.2, 0.25) is 11.7 Å². The number of fused-ring (bicyclic) bond motifs is 3. The smallest absolute Gasteiger partial charge is 0.487 e. The van der Waals surface area contributed by atoms with Crippen LogP contribution in [0.3, 0.4) is 0 Å². The van der Waals surface area contributed by atoms with Crippen molar-refractivity contribution in [2.75, 3.05) is 77.8 Å². The Balaban J connectivity index is 0.727. The fraction of sp³-hybridized carbons (Fsp3) is 0.422. The van der Waals surface area contributed by atoms with Crippen LogP contribution in [-0.4, -0.2) is 238 Å². The minimum absolute atomic E-state index is 0.00360. The summed E-state index contributed by atoms with van der Waals surface area (Å²) in [4.78, 5) is 134. The number of aliphatic hydroxyl groups excluding tert-OH is 4. The molecular formula is C64H76N17O32P5. The molecule has 3 aromatic carbocycles. The highest BCUT2D eigenvalue weighted by atomic mass is 31.3. The molecule has 10 aromatic rings. The largest absolute Gasteiger partial charge is 0.756 e. The van der Waals surface area contributed by atoms with Crippen molar-refractivity contribution < 1.29 is 141 Å². The molecule has 4 aliphatic heterocycles. The number of rotatable bonds is 33. The second-order valence-corrected chi connectivity index (χ2v) is 34.4. The molecule has 0 bridgehead atoms. The van der Waals surface area contributed by atoms with E-state index in [2.05, 4.69) is 53.8 Å². The molecule has 118 heavy (non-hydrogen) atoms. The monoisotopic (exact) mass is 1750 g/mol. The number of aryl methyl sites for hydroxylation is 1. The van der Waals surface area contributed by atoms with Gasteiger partial charge >= 0.3 is 42.6 Å². The lowest BCUT2D eigenvalue weighted by molar-refractivity contribution is -0.745. The number of H-pyrrole nitrogens is 2. The van der Waals surface area contributed by atoms with Gasteiger partial charge in [-0.15, -0.1) is 0 Å². The minimum atomic E-state index is -6.45. The highest BCUT2D eigenvalue weighted by Crippen LogP contribution is 2.67. The summed E-state index contributed by atoms with van der Waals surface area (Å²) < 4.78 is 157. The van der Waals surface area contributed by atoms with Crippen LogP contribution in [0, 0.1) is 0 Å². The quantitative estimate of drug-likeness (QED) is 0.0142. The molecule has 634 valence electrons. The number of imidazole rings is 3. The number of phosphoric acid groups is 5. The van der Waals surface area contributed by atoms with Crippen molar-refractivity contribution in [1.29, 1.82) is 0 Å². The standard InChI is InChI=1S/C64H76N17O32P5/c1-76(2)62-73-56-43(57(87)74-62)77(3)31-81(56)59-47(86)45(84)37(107-59)24-104-116(93,94)112-118(97,98)113-117(95,96)105-26-39-49(51(101-6)61(109-39)80-30-71-42-53(67-28-69-55(42)80)75-64(32-13-9-7-10-14-32,33-15-11-8-12-16-33)34-17-19-35(99-4)20-18-34)111-115(91,92)103-25-38-48(50(100-5)60(108-38)78-22-21-40(82)72-63(78)88)110-114(89,90)102-23-36-44(83)46(85)58(106-36)79-29-70-41-52(65)66-27-68-54(41)79/h7-22,27-31,36-39,44-51,58-61,83-86H,23-26H2,1-6H3,(H9-,65,66,67,68,69,72,73,74,75,82,87,88,89,90,91,92,93,94,95,96,97,98)/t36-,37-,38-,39-,44-,45-,46-,47-,48-,49-,50-,51-,58-,59-,60-,61-/m1/s1. The number of benzene rings is 3. The Hall–Kier alpha value is -8.78. The maximum Gasteiger partial charge on any atom is 0.487 e. The van der Waals surface area contributed by atoms with Gasteiger partial charge < -0.3 is 98.5 Å². The second-order valence-electron chi connectivity index (χ2n) is 27.0.